The van der Waals surface area contributed by atoms with Gasteiger partial charge in [0.25, 0.3) is 0 Å². The Morgan fingerprint density at radius 2 is 1.73 bits per heavy atom. The second kappa shape index (κ2) is 8.46. The Balaban J connectivity index is 1.46. The molecule has 2 heterocycles. The van der Waals surface area contributed by atoms with Crippen molar-refractivity contribution in [2.45, 2.75) is 51.0 Å². The van der Waals surface area contributed by atoms with Crippen molar-refractivity contribution in [1.29, 1.82) is 0 Å². The predicted molar refractivity (Wildman–Crippen MR) is 121 cm³/mol. The number of ketones is 1. The van der Waals surface area contributed by atoms with Gasteiger partial charge in [-0.2, -0.15) is 0 Å². The molecule has 33 heavy (non-hydrogen) atoms. The van der Waals surface area contributed by atoms with E-state index in [1.54, 1.807) is 7.11 Å². The number of allylic oxidation sites excluding steroid dienone is 2. The third-order valence-corrected chi connectivity index (χ3v) is 6.36. The van der Waals surface area contributed by atoms with Gasteiger partial charge >= 0.3 is 0 Å². The van der Waals surface area contributed by atoms with Crippen LogP contribution < -0.4 is 24.3 Å². The maximum Gasteiger partial charge on any atom is 0.231 e. The van der Waals surface area contributed by atoms with Crippen LogP contribution >= 0.6 is 0 Å². The molecule has 0 spiro atoms. The molecule has 0 aromatic heterocycles. The first-order valence-electron chi connectivity index (χ1n) is 11.2. The predicted octanol–water partition coefficient (Wildman–Crippen LogP) is 4.22. The molecule has 7 nitrogen and oxygen atoms in total. The summed E-state index contributed by atoms with van der Waals surface area (Å²) in [5, 5.41) is 2.97. The molecule has 0 saturated carbocycles. The number of hydrogen-bond donors (Lipinski definition) is 1. The number of Topliss-reactive ketones (excluding diaryl/α,β-unsaturated/α-hetero) is 1. The van der Waals surface area contributed by atoms with Gasteiger partial charge in [0, 0.05) is 30.0 Å². The van der Waals surface area contributed by atoms with Gasteiger partial charge in [0.15, 0.2) is 28.8 Å². The van der Waals surface area contributed by atoms with Crippen molar-refractivity contribution in [2.24, 2.45) is 0 Å². The smallest absolute Gasteiger partial charge is 0.231 e. The van der Waals surface area contributed by atoms with Crippen LogP contribution in [0.1, 0.15) is 56.1 Å². The number of carbonyl (C=O) groups is 2. The molecule has 0 unspecified atom stereocenters. The Labute approximate surface area is 192 Å². The van der Waals surface area contributed by atoms with Crippen LogP contribution in [0.5, 0.6) is 23.0 Å². The number of nitrogens with one attached hydrogen (secondary N) is 1. The van der Waals surface area contributed by atoms with E-state index in [9.17, 15) is 9.59 Å². The number of amides is 1. The lowest BCUT2D eigenvalue weighted by Crippen LogP contribution is -2.38. The summed E-state index contributed by atoms with van der Waals surface area (Å²) in [6.45, 7) is 4.11. The zero-order chi connectivity index (χ0) is 23.1. The van der Waals surface area contributed by atoms with Crippen LogP contribution in [0.25, 0.3) is 0 Å². The highest BCUT2D eigenvalue weighted by Gasteiger charge is 2.38. The van der Waals surface area contributed by atoms with E-state index in [1.807, 2.05) is 50.2 Å². The highest BCUT2D eigenvalue weighted by Crippen LogP contribution is 2.45. The van der Waals surface area contributed by atoms with Crippen molar-refractivity contribution in [3.63, 3.8) is 0 Å². The van der Waals surface area contributed by atoms with E-state index in [1.165, 1.54) is 0 Å². The van der Waals surface area contributed by atoms with Gasteiger partial charge in [-0.05, 0) is 61.6 Å². The molecule has 2 aliphatic heterocycles. The first-order chi connectivity index (χ1) is 15.9. The minimum Gasteiger partial charge on any atom is -0.493 e. The van der Waals surface area contributed by atoms with Gasteiger partial charge in [-0.3, -0.25) is 9.59 Å². The number of fused-ring (bicyclic) bond motifs is 1. The molecule has 2 aromatic carbocycles. The summed E-state index contributed by atoms with van der Waals surface area (Å²) in [6, 6.07) is 11.4. The van der Waals surface area contributed by atoms with Gasteiger partial charge in [-0.15, -0.1) is 0 Å². The fraction of sp³-hybridized carbons (Fsp3) is 0.385. The Bertz CT molecular complexity index is 1150. The van der Waals surface area contributed by atoms with E-state index in [0.29, 0.717) is 41.4 Å². The summed E-state index contributed by atoms with van der Waals surface area (Å²) in [5.74, 6) is 2.29. The molecule has 5 rings (SSSR count). The first kappa shape index (κ1) is 21.4. The van der Waals surface area contributed by atoms with Crippen LogP contribution in [-0.2, 0) is 9.59 Å². The summed E-state index contributed by atoms with van der Waals surface area (Å²) in [5.41, 5.74) is 3.31. The standard InChI is InChI=1S/C26H27NO6/c1-14(2)33-22-7-4-15(10-23(22)30-3)17-8-19-26(20(28)9-17)18(12-25(29)27-19)16-5-6-21-24(11-16)32-13-31-21/h4-7,10-11,14,17-18H,8-9,12-13H2,1-3H3,(H,27,29)/t17-,18-/m0/s1. The van der Waals surface area contributed by atoms with Gasteiger partial charge < -0.3 is 24.3 Å². The fourth-order valence-electron chi connectivity index (χ4n) is 4.90. The van der Waals surface area contributed by atoms with Crippen molar-refractivity contribution < 1.29 is 28.5 Å². The van der Waals surface area contributed by atoms with Crippen LogP contribution in [-0.4, -0.2) is 31.7 Å². The second-order valence-electron chi connectivity index (χ2n) is 8.92. The van der Waals surface area contributed by atoms with E-state index < -0.39 is 0 Å². The van der Waals surface area contributed by atoms with Crippen molar-refractivity contribution >= 4 is 11.7 Å². The quantitative estimate of drug-likeness (QED) is 0.736. The molecule has 1 aliphatic carbocycles. The molecule has 0 bridgehead atoms. The molecule has 2 aromatic rings. The van der Waals surface area contributed by atoms with Gasteiger partial charge in [0.05, 0.1) is 13.2 Å². The molecule has 0 fully saturated rings. The number of carbonyl (C=O) groups excluding carboxylic acids is 2. The third kappa shape index (κ3) is 4.03. The zero-order valence-electron chi connectivity index (χ0n) is 19.0. The minimum absolute atomic E-state index is 0.0271. The zero-order valence-corrected chi connectivity index (χ0v) is 19.0. The summed E-state index contributed by atoms with van der Waals surface area (Å²) >= 11 is 0. The molecule has 0 radical (unpaired) electrons. The second-order valence-corrected chi connectivity index (χ2v) is 8.92. The Kier molecular flexibility index (Phi) is 5.48. The van der Waals surface area contributed by atoms with E-state index in [4.69, 9.17) is 18.9 Å². The highest BCUT2D eigenvalue weighted by atomic mass is 16.7. The molecule has 1 amide bonds. The van der Waals surface area contributed by atoms with Gasteiger partial charge in [0.2, 0.25) is 12.7 Å². The SMILES string of the molecule is COc1cc([C@@H]2CC(=O)C3=C(C2)NC(=O)C[C@H]3c2ccc3c(c2)OCO3)ccc1OC(C)C. The molecule has 172 valence electrons. The monoisotopic (exact) mass is 449 g/mol. The number of ether oxygens (including phenoxy) is 4. The third-order valence-electron chi connectivity index (χ3n) is 6.36. The topological polar surface area (TPSA) is 83.1 Å². The summed E-state index contributed by atoms with van der Waals surface area (Å²) in [6.07, 6.45) is 1.23. The Morgan fingerprint density at radius 3 is 2.52 bits per heavy atom. The Morgan fingerprint density at radius 1 is 0.939 bits per heavy atom. The van der Waals surface area contributed by atoms with Gasteiger partial charge in [0.1, 0.15) is 0 Å². The average Bonchev–Trinajstić information content (AvgIpc) is 3.26. The lowest BCUT2D eigenvalue weighted by Gasteiger charge is -2.34. The molecule has 2 atom stereocenters. The lowest BCUT2D eigenvalue weighted by molar-refractivity contribution is -0.122. The molecule has 1 N–H and O–H groups in total. The van der Waals surface area contributed by atoms with Crippen LogP contribution in [0.15, 0.2) is 47.7 Å². The fourth-order valence-corrected chi connectivity index (χ4v) is 4.90. The first-order valence-corrected chi connectivity index (χ1v) is 11.2. The maximum atomic E-state index is 13.4. The Hall–Kier alpha value is -3.48. The van der Waals surface area contributed by atoms with Gasteiger partial charge in [-0.25, -0.2) is 0 Å². The number of rotatable bonds is 5. The van der Waals surface area contributed by atoms with Crippen molar-refractivity contribution in [2.75, 3.05) is 13.9 Å². The average molecular weight is 450 g/mol. The maximum absolute atomic E-state index is 13.4. The van der Waals surface area contributed by atoms with Crippen molar-refractivity contribution in [3.05, 3.63) is 58.8 Å². The van der Waals surface area contributed by atoms with E-state index in [2.05, 4.69) is 5.32 Å². The summed E-state index contributed by atoms with van der Waals surface area (Å²) < 4.78 is 22.2. The lowest BCUT2D eigenvalue weighted by atomic mass is 9.73. The van der Waals surface area contributed by atoms with Gasteiger partial charge in [-0.1, -0.05) is 12.1 Å². The molecular weight excluding hydrogens is 422 g/mol. The van der Waals surface area contributed by atoms with Crippen molar-refractivity contribution in [3.8, 4) is 23.0 Å². The molecular formula is C26H27NO6. The summed E-state index contributed by atoms with van der Waals surface area (Å²) in [4.78, 5) is 26.0. The van der Waals surface area contributed by atoms with Crippen LogP contribution in [0.3, 0.4) is 0 Å². The summed E-state index contributed by atoms with van der Waals surface area (Å²) in [7, 11) is 1.61. The normalized spacial score (nSPS) is 21.7. The van der Waals surface area contributed by atoms with E-state index in [-0.39, 0.29) is 42.8 Å². The van der Waals surface area contributed by atoms with Crippen LogP contribution in [0.4, 0.5) is 0 Å². The minimum atomic E-state index is -0.284. The molecule has 7 heteroatoms. The molecule has 3 aliphatic rings. The van der Waals surface area contributed by atoms with Crippen LogP contribution in [0, 0.1) is 0 Å². The van der Waals surface area contributed by atoms with Crippen LogP contribution in [0.2, 0.25) is 0 Å². The molecule has 0 saturated heterocycles. The largest absolute Gasteiger partial charge is 0.493 e. The van der Waals surface area contributed by atoms with Crippen molar-refractivity contribution in [1.82, 2.24) is 5.32 Å². The number of methoxy groups -OCH3 is 1. The van der Waals surface area contributed by atoms with E-state index >= 15 is 0 Å². The number of benzene rings is 2. The number of hydrogen-bond acceptors (Lipinski definition) is 6. The highest BCUT2D eigenvalue weighted by molar-refractivity contribution is 6.02. The van der Waals surface area contributed by atoms with E-state index in [0.717, 1.165) is 16.8 Å².